The Bertz CT molecular complexity index is 896. The number of pyridine rings is 1. The Morgan fingerprint density at radius 3 is 2.50 bits per heavy atom. The number of nitrogens with zero attached hydrogens (tertiary/aromatic N) is 2. The normalized spacial score (nSPS) is 12.2. The number of nitrogens with one attached hydrogen (secondary N) is 1. The number of aromatic nitrogens is 1. The molecule has 1 aromatic carbocycles. The van der Waals surface area contributed by atoms with Crippen molar-refractivity contribution < 1.29 is 19.1 Å². The molecule has 0 saturated heterocycles. The van der Waals surface area contributed by atoms with Gasteiger partial charge >= 0.3 is 0 Å². The van der Waals surface area contributed by atoms with Crippen molar-refractivity contribution in [1.82, 2.24) is 15.2 Å². The molecule has 2 aromatic rings. The van der Waals surface area contributed by atoms with E-state index in [2.05, 4.69) is 22.1 Å². The van der Waals surface area contributed by atoms with Gasteiger partial charge in [-0.25, -0.2) is 0 Å². The topological polar surface area (TPSA) is 88.6 Å². The summed E-state index contributed by atoms with van der Waals surface area (Å²) in [6.07, 6.45) is 3.86. The Labute approximate surface area is 162 Å². The molecule has 1 aliphatic heterocycles. The van der Waals surface area contributed by atoms with Crippen LogP contribution in [0.1, 0.15) is 33.6 Å². The average molecular weight is 377 g/mol. The SMILES string of the molecule is O=C(CCCN1C(=O)c2ccccc2C1=O)NCC#CCOc1cccnc1. The quantitative estimate of drug-likeness (QED) is 0.586. The van der Waals surface area contributed by atoms with Crippen LogP contribution in [0.25, 0.3) is 0 Å². The number of carbonyl (C=O) groups is 3. The van der Waals surface area contributed by atoms with Crippen LogP contribution in [0.4, 0.5) is 0 Å². The van der Waals surface area contributed by atoms with E-state index in [-0.39, 0.29) is 43.8 Å². The second-order valence-electron chi connectivity index (χ2n) is 6.02. The zero-order valence-corrected chi connectivity index (χ0v) is 15.2. The third-order valence-corrected chi connectivity index (χ3v) is 4.11. The highest BCUT2D eigenvalue weighted by atomic mass is 16.5. The van der Waals surface area contributed by atoms with Crippen molar-refractivity contribution in [3.05, 3.63) is 59.9 Å². The number of benzene rings is 1. The maximum Gasteiger partial charge on any atom is 0.261 e. The number of hydrogen-bond acceptors (Lipinski definition) is 5. The van der Waals surface area contributed by atoms with Crippen molar-refractivity contribution in [2.24, 2.45) is 0 Å². The number of fused-ring (bicyclic) bond motifs is 1. The van der Waals surface area contributed by atoms with Crippen LogP contribution >= 0.6 is 0 Å². The standard InChI is InChI=1S/C21H19N3O4/c25-19(23-12-3-4-14-28-16-7-5-11-22-15-16)10-6-13-24-20(26)17-8-1-2-9-18(17)21(24)27/h1-2,5,7-9,11,15H,6,10,12-14H2,(H,23,25). The minimum atomic E-state index is -0.305. The molecule has 0 spiro atoms. The van der Waals surface area contributed by atoms with E-state index in [4.69, 9.17) is 4.74 Å². The van der Waals surface area contributed by atoms with E-state index in [1.807, 2.05) is 0 Å². The Balaban J connectivity index is 1.33. The fourth-order valence-electron chi connectivity index (χ4n) is 2.74. The summed E-state index contributed by atoms with van der Waals surface area (Å²) in [6, 6.07) is 10.3. The molecule has 3 rings (SSSR count). The number of hydrogen-bond donors (Lipinski definition) is 1. The Hall–Kier alpha value is -3.66. The van der Waals surface area contributed by atoms with Gasteiger partial charge in [0.05, 0.1) is 23.9 Å². The number of carbonyl (C=O) groups excluding carboxylic acids is 3. The highest BCUT2D eigenvalue weighted by Crippen LogP contribution is 2.22. The zero-order chi connectivity index (χ0) is 19.8. The van der Waals surface area contributed by atoms with Gasteiger partial charge in [0.2, 0.25) is 5.91 Å². The Morgan fingerprint density at radius 1 is 1.07 bits per heavy atom. The van der Waals surface area contributed by atoms with E-state index in [0.717, 1.165) is 0 Å². The largest absolute Gasteiger partial charge is 0.479 e. The molecule has 1 aliphatic rings. The molecule has 7 nitrogen and oxygen atoms in total. The van der Waals surface area contributed by atoms with E-state index < -0.39 is 0 Å². The highest BCUT2D eigenvalue weighted by Gasteiger charge is 2.34. The first-order valence-corrected chi connectivity index (χ1v) is 8.87. The van der Waals surface area contributed by atoms with Gasteiger partial charge < -0.3 is 10.1 Å². The first kappa shape index (κ1) is 19.1. The maximum absolute atomic E-state index is 12.2. The third-order valence-electron chi connectivity index (χ3n) is 4.11. The van der Waals surface area contributed by atoms with Crippen LogP contribution in [-0.4, -0.2) is 47.3 Å². The van der Waals surface area contributed by atoms with Crippen molar-refractivity contribution in [1.29, 1.82) is 0 Å². The summed E-state index contributed by atoms with van der Waals surface area (Å²) in [4.78, 5) is 41.4. The van der Waals surface area contributed by atoms with Gasteiger partial charge in [-0.15, -0.1) is 0 Å². The summed E-state index contributed by atoms with van der Waals surface area (Å²) in [5.41, 5.74) is 0.835. The second kappa shape index (κ2) is 9.33. The van der Waals surface area contributed by atoms with Crippen LogP contribution in [0, 0.1) is 11.8 Å². The summed E-state index contributed by atoms with van der Waals surface area (Å²) in [6.45, 7) is 0.633. The van der Waals surface area contributed by atoms with Gasteiger partial charge in [-0.05, 0) is 30.7 Å². The maximum atomic E-state index is 12.2. The summed E-state index contributed by atoms with van der Waals surface area (Å²) in [5.74, 6) is 5.44. The predicted molar refractivity (Wildman–Crippen MR) is 102 cm³/mol. The monoisotopic (exact) mass is 377 g/mol. The van der Waals surface area contributed by atoms with E-state index in [1.54, 1.807) is 48.8 Å². The minimum absolute atomic E-state index is 0.181. The van der Waals surface area contributed by atoms with E-state index in [0.29, 0.717) is 23.3 Å². The molecule has 0 atom stereocenters. The van der Waals surface area contributed by atoms with Gasteiger partial charge in [0.15, 0.2) is 0 Å². The van der Waals surface area contributed by atoms with Gasteiger partial charge in [-0.1, -0.05) is 24.0 Å². The van der Waals surface area contributed by atoms with Gasteiger partial charge in [-0.2, -0.15) is 0 Å². The summed E-state index contributed by atoms with van der Waals surface area (Å²) >= 11 is 0. The zero-order valence-electron chi connectivity index (χ0n) is 15.2. The van der Waals surface area contributed by atoms with Crippen molar-refractivity contribution in [2.45, 2.75) is 12.8 Å². The van der Waals surface area contributed by atoms with E-state index in [1.165, 1.54) is 4.90 Å². The fourth-order valence-corrected chi connectivity index (χ4v) is 2.74. The predicted octanol–water partition coefficient (Wildman–Crippen LogP) is 1.66. The lowest BCUT2D eigenvalue weighted by Crippen LogP contribution is -2.32. The van der Waals surface area contributed by atoms with Gasteiger partial charge in [0.1, 0.15) is 12.4 Å². The van der Waals surface area contributed by atoms with Crippen molar-refractivity contribution in [3.8, 4) is 17.6 Å². The Kier molecular flexibility index (Phi) is 6.37. The smallest absolute Gasteiger partial charge is 0.261 e. The lowest BCUT2D eigenvalue weighted by molar-refractivity contribution is -0.121. The van der Waals surface area contributed by atoms with Crippen LogP contribution < -0.4 is 10.1 Å². The summed E-state index contributed by atoms with van der Waals surface area (Å²) in [7, 11) is 0. The highest BCUT2D eigenvalue weighted by molar-refractivity contribution is 6.21. The molecule has 1 N–H and O–H groups in total. The van der Waals surface area contributed by atoms with Crippen molar-refractivity contribution >= 4 is 17.7 Å². The van der Waals surface area contributed by atoms with Crippen LogP contribution in [0.15, 0.2) is 48.8 Å². The Morgan fingerprint density at radius 2 is 1.82 bits per heavy atom. The fraction of sp³-hybridized carbons (Fsp3) is 0.238. The molecule has 1 aromatic heterocycles. The molecule has 0 aliphatic carbocycles. The van der Waals surface area contributed by atoms with E-state index >= 15 is 0 Å². The average Bonchev–Trinajstić information content (AvgIpc) is 2.96. The number of ether oxygens (including phenoxy) is 1. The van der Waals surface area contributed by atoms with Crippen LogP contribution in [-0.2, 0) is 4.79 Å². The lowest BCUT2D eigenvalue weighted by Gasteiger charge is -2.13. The molecule has 2 heterocycles. The molecule has 28 heavy (non-hydrogen) atoms. The van der Waals surface area contributed by atoms with Crippen molar-refractivity contribution in [2.75, 3.05) is 19.7 Å². The molecule has 142 valence electrons. The van der Waals surface area contributed by atoms with Gasteiger partial charge in [-0.3, -0.25) is 24.3 Å². The van der Waals surface area contributed by atoms with Gasteiger partial charge in [0.25, 0.3) is 11.8 Å². The molecular formula is C21H19N3O4. The third kappa shape index (κ3) is 4.74. The molecule has 0 unspecified atom stereocenters. The number of rotatable bonds is 7. The first-order chi connectivity index (χ1) is 13.7. The molecule has 7 heteroatoms. The lowest BCUT2D eigenvalue weighted by atomic mass is 10.1. The van der Waals surface area contributed by atoms with Crippen molar-refractivity contribution in [3.63, 3.8) is 0 Å². The molecule has 0 bridgehead atoms. The summed E-state index contributed by atoms with van der Waals surface area (Å²) in [5, 5.41) is 2.68. The number of imide groups is 1. The molecular weight excluding hydrogens is 358 g/mol. The molecule has 0 fully saturated rings. The van der Waals surface area contributed by atoms with Crippen LogP contribution in [0.5, 0.6) is 5.75 Å². The van der Waals surface area contributed by atoms with Crippen LogP contribution in [0.3, 0.4) is 0 Å². The molecule has 0 radical (unpaired) electrons. The molecule has 3 amide bonds. The number of amides is 3. The molecule has 0 saturated carbocycles. The second-order valence-corrected chi connectivity index (χ2v) is 6.02. The first-order valence-electron chi connectivity index (χ1n) is 8.87. The summed E-state index contributed by atoms with van der Waals surface area (Å²) < 4.78 is 5.36. The minimum Gasteiger partial charge on any atom is -0.479 e. The van der Waals surface area contributed by atoms with E-state index in [9.17, 15) is 14.4 Å². The van der Waals surface area contributed by atoms with Gasteiger partial charge in [0, 0.05) is 19.2 Å². The van der Waals surface area contributed by atoms with Crippen LogP contribution in [0.2, 0.25) is 0 Å².